The van der Waals surface area contributed by atoms with Crippen molar-refractivity contribution in [1.29, 1.82) is 0 Å². The van der Waals surface area contributed by atoms with E-state index in [9.17, 15) is 4.79 Å². The van der Waals surface area contributed by atoms with Crippen LogP contribution in [0.4, 0.5) is 0 Å². The first-order valence-electron chi connectivity index (χ1n) is 8.06. The topological polar surface area (TPSA) is 45.2 Å². The maximum Gasteiger partial charge on any atom is 0.270 e. The Kier molecular flexibility index (Phi) is 3.80. The minimum Gasteiger partial charge on any atom is -0.347 e. The second kappa shape index (κ2) is 5.95. The molecule has 1 unspecified atom stereocenters. The average Bonchev–Trinajstić information content (AvgIpc) is 3.10. The van der Waals surface area contributed by atoms with E-state index in [0.717, 1.165) is 34.5 Å². The second-order valence-electron chi connectivity index (χ2n) is 6.41. The van der Waals surface area contributed by atoms with Crippen LogP contribution in [0.1, 0.15) is 35.8 Å². The molecule has 4 nitrogen and oxygen atoms in total. The Morgan fingerprint density at radius 2 is 2.39 bits per heavy atom. The monoisotopic (exact) mass is 325 g/mol. The van der Waals surface area contributed by atoms with Gasteiger partial charge in [0.05, 0.1) is 4.70 Å². The molecule has 2 aromatic rings. The third-order valence-corrected chi connectivity index (χ3v) is 5.69. The zero-order chi connectivity index (χ0) is 15.8. The molecule has 0 aliphatic carbocycles. The van der Waals surface area contributed by atoms with E-state index < -0.39 is 0 Å². The minimum atomic E-state index is -0.0685. The maximum absolute atomic E-state index is 12.6. The highest BCUT2D eigenvalue weighted by Crippen LogP contribution is 2.27. The summed E-state index contributed by atoms with van der Waals surface area (Å²) >= 11 is 1.62. The Balaban J connectivity index is 1.54. The molecular formula is C18H19N3OS. The van der Waals surface area contributed by atoms with Crippen molar-refractivity contribution in [2.45, 2.75) is 25.8 Å². The molecule has 2 fully saturated rings. The Bertz CT molecular complexity index is 805. The van der Waals surface area contributed by atoms with Gasteiger partial charge in [0.1, 0.15) is 5.69 Å². The van der Waals surface area contributed by atoms with Crippen molar-refractivity contribution in [3.05, 3.63) is 28.9 Å². The van der Waals surface area contributed by atoms with E-state index in [1.54, 1.807) is 17.5 Å². The third-order valence-electron chi connectivity index (χ3n) is 4.76. The van der Waals surface area contributed by atoms with Gasteiger partial charge < -0.3 is 10.2 Å². The molecule has 1 N–H and O–H groups in total. The highest BCUT2D eigenvalue weighted by Gasteiger charge is 2.33. The first-order chi connectivity index (χ1) is 11.2. The molecule has 2 aromatic heterocycles. The molecule has 5 heteroatoms. The molecule has 0 radical (unpaired) electrons. The van der Waals surface area contributed by atoms with Crippen LogP contribution in [0, 0.1) is 17.8 Å². The predicted octanol–water partition coefficient (Wildman–Crippen LogP) is 2.49. The summed E-state index contributed by atoms with van der Waals surface area (Å²) in [5, 5.41) is 6.22. The van der Waals surface area contributed by atoms with Crippen LogP contribution in [0.2, 0.25) is 0 Å². The van der Waals surface area contributed by atoms with E-state index in [4.69, 9.17) is 0 Å². The summed E-state index contributed by atoms with van der Waals surface area (Å²) in [5.41, 5.74) is 1.47. The van der Waals surface area contributed by atoms with Crippen molar-refractivity contribution in [3.8, 4) is 11.8 Å². The normalized spacial score (nSPS) is 25.9. The van der Waals surface area contributed by atoms with Crippen molar-refractivity contribution in [2.75, 3.05) is 19.6 Å². The lowest BCUT2D eigenvalue weighted by Crippen LogP contribution is -2.47. The summed E-state index contributed by atoms with van der Waals surface area (Å²) in [5.74, 6) is 6.69. The molecule has 0 saturated carbocycles. The number of nitrogens with one attached hydrogen (secondary N) is 1. The number of hydrogen-bond acceptors (Lipinski definition) is 4. The minimum absolute atomic E-state index is 0.0685. The van der Waals surface area contributed by atoms with E-state index in [-0.39, 0.29) is 11.9 Å². The smallest absolute Gasteiger partial charge is 0.270 e. The van der Waals surface area contributed by atoms with Gasteiger partial charge in [0, 0.05) is 41.7 Å². The molecule has 2 aliphatic rings. The third kappa shape index (κ3) is 2.85. The summed E-state index contributed by atoms with van der Waals surface area (Å²) in [6, 6.07) is 2.12. The molecule has 2 saturated heterocycles. The molecule has 0 spiro atoms. The molecule has 3 atom stereocenters. The van der Waals surface area contributed by atoms with Crippen LogP contribution in [0.25, 0.3) is 10.1 Å². The molecule has 0 aromatic carbocycles. The van der Waals surface area contributed by atoms with Gasteiger partial charge in [0.15, 0.2) is 0 Å². The van der Waals surface area contributed by atoms with Crippen molar-refractivity contribution in [3.63, 3.8) is 0 Å². The van der Waals surface area contributed by atoms with Crippen molar-refractivity contribution in [2.24, 2.45) is 5.92 Å². The number of rotatable bonds is 2. The standard InChI is InChI=1S/C18H19N3OS/c1-2-3-13-11-23-17-8-19-16(7-15(13)17)18(22)20-14-6-12-4-5-21(9-12)10-14/h7-8,11-12,14H,4-6,9-10H2,1H3,(H,20,22)/t12-,14-/m1/s1. The predicted molar refractivity (Wildman–Crippen MR) is 92.6 cm³/mol. The van der Waals surface area contributed by atoms with E-state index >= 15 is 0 Å². The van der Waals surface area contributed by atoms with Crippen LogP contribution in [-0.4, -0.2) is 41.5 Å². The first kappa shape index (κ1) is 14.7. The van der Waals surface area contributed by atoms with Gasteiger partial charge in [-0.15, -0.1) is 17.3 Å². The zero-order valence-electron chi connectivity index (χ0n) is 13.1. The lowest BCUT2D eigenvalue weighted by atomic mass is 9.97. The maximum atomic E-state index is 12.6. The highest BCUT2D eigenvalue weighted by atomic mass is 32.1. The van der Waals surface area contributed by atoms with Gasteiger partial charge in [-0.1, -0.05) is 5.92 Å². The van der Waals surface area contributed by atoms with Crippen molar-refractivity contribution >= 4 is 27.3 Å². The summed E-state index contributed by atoms with van der Waals surface area (Å²) < 4.78 is 1.07. The Labute approximate surface area is 139 Å². The number of carbonyl (C=O) groups is 1. The van der Waals surface area contributed by atoms with Gasteiger partial charge in [-0.2, -0.15) is 0 Å². The van der Waals surface area contributed by atoms with Crippen LogP contribution >= 0.6 is 11.3 Å². The van der Waals surface area contributed by atoms with Crippen molar-refractivity contribution in [1.82, 2.24) is 15.2 Å². The highest BCUT2D eigenvalue weighted by molar-refractivity contribution is 7.17. The number of thiophene rings is 1. The average molecular weight is 325 g/mol. The largest absolute Gasteiger partial charge is 0.347 e. The van der Waals surface area contributed by atoms with E-state index in [2.05, 4.69) is 27.0 Å². The van der Waals surface area contributed by atoms with E-state index in [0.29, 0.717) is 5.69 Å². The zero-order valence-corrected chi connectivity index (χ0v) is 13.9. The van der Waals surface area contributed by atoms with Crippen LogP contribution in [0.3, 0.4) is 0 Å². The Morgan fingerprint density at radius 1 is 1.48 bits per heavy atom. The van der Waals surface area contributed by atoms with Gasteiger partial charge in [0.2, 0.25) is 0 Å². The van der Waals surface area contributed by atoms with Gasteiger partial charge in [0.25, 0.3) is 5.91 Å². The molecule has 4 rings (SSSR count). The van der Waals surface area contributed by atoms with Crippen LogP contribution in [-0.2, 0) is 0 Å². The Morgan fingerprint density at radius 3 is 3.22 bits per heavy atom. The number of aromatic nitrogens is 1. The fourth-order valence-corrected chi connectivity index (χ4v) is 4.55. The van der Waals surface area contributed by atoms with Gasteiger partial charge in [-0.3, -0.25) is 4.79 Å². The molecule has 2 bridgehead atoms. The SMILES string of the molecule is CC#Cc1csc2cnc(C(=O)N[C@@H]3C[C@H]4CCN(C4)C3)cc12. The molecule has 23 heavy (non-hydrogen) atoms. The van der Waals surface area contributed by atoms with E-state index in [1.807, 2.05) is 18.4 Å². The summed E-state index contributed by atoms with van der Waals surface area (Å²) in [6.45, 7) is 5.17. The van der Waals surface area contributed by atoms with Gasteiger partial charge in [-0.05, 0) is 38.3 Å². The number of fused-ring (bicyclic) bond motifs is 3. The van der Waals surface area contributed by atoms with E-state index in [1.165, 1.54) is 19.5 Å². The number of nitrogens with zero attached hydrogens (tertiary/aromatic N) is 2. The number of carbonyl (C=O) groups excluding carboxylic acids is 1. The summed E-state index contributed by atoms with van der Waals surface area (Å²) in [6.07, 6.45) is 4.14. The molecule has 118 valence electrons. The first-order valence-corrected chi connectivity index (χ1v) is 8.94. The number of amides is 1. The Hall–Kier alpha value is -1.90. The lowest BCUT2D eigenvalue weighted by molar-refractivity contribution is 0.0904. The van der Waals surface area contributed by atoms with Crippen LogP contribution < -0.4 is 5.32 Å². The van der Waals surface area contributed by atoms with Crippen LogP contribution in [0.5, 0.6) is 0 Å². The fraction of sp³-hybridized carbons (Fsp3) is 0.444. The molecule has 2 aliphatic heterocycles. The fourth-order valence-electron chi connectivity index (χ4n) is 3.71. The lowest BCUT2D eigenvalue weighted by Gasteiger charge is -2.30. The number of pyridine rings is 1. The molecule has 1 amide bonds. The summed E-state index contributed by atoms with van der Waals surface area (Å²) in [4.78, 5) is 19.3. The number of hydrogen-bond donors (Lipinski definition) is 1. The summed E-state index contributed by atoms with van der Waals surface area (Å²) in [7, 11) is 0. The van der Waals surface area contributed by atoms with Gasteiger partial charge in [-0.25, -0.2) is 4.98 Å². The quantitative estimate of drug-likeness (QED) is 0.863. The second-order valence-corrected chi connectivity index (χ2v) is 7.32. The van der Waals surface area contributed by atoms with Crippen molar-refractivity contribution < 1.29 is 4.79 Å². The molecular weight excluding hydrogens is 306 g/mol. The van der Waals surface area contributed by atoms with Gasteiger partial charge >= 0.3 is 0 Å². The molecule has 4 heterocycles. The van der Waals surface area contributed by atoms with Crippen LogP contribution in [0.15, 0.2) is 17.6 Å². The number of piperidine rings is 1.